The average molecular weight is 326 g/mol. The van der Waals surface area contributed by atoms with E-state index < -0.39 is 6.10 Å². The van der Waals surface area contributed by atoms with Gasteiger partial charge in [0.2, 0.25) is 0 Å². The predicted octanol–water partition coefficient (Wildman–Crippen LogP) is 3.92. The first-order chi connectivity index (χ1) is 11.2. The Morgan fingerprint density at radius 1 is 1.00 bits per heavy atom. The van der Waals surface area contributed by atoms with Crippen molar-refractivity contribution in [2.45, 2.75) is 77.2 Å². The molecule has 4 nitrogen and oxygen atoms in total. The van der Waals surface area contributed by atoms with E-state index in [-0.39, 0.29) is 19.2 Å². The third-order valence-corrected chi connectivity index (χ3v) is 3.46. The Labute approximate surface area is 141 Å². The number of hydrogen-bond acceptors (Lipinski definition) is 4. The quantitative estimate of drug-likeness (QED) is 0.272. The molecule has 0 aromatic rings. The minimum atomic E-state index is -0.964. The maximum Gasteiger partial charge on any atom is 0.305 e. The molecule has 0 radical (unpaired) electrons. The number of aliphatic hydroxyl groups excluding tert-OH is 2. The van der Waals surface area contributed by atoms with Crippen LogP contribution in [0.15, 0.2) is 24.3 Å². The molecule has 0 rings (SSSR count). The van der Waals surface area contributed by atoms with Gasteiger partial charge in [0, 0.05) is 6.42 Å². The molecule has 0 aliphatic rings. The van der Waals surface area contributed by atoms with Crippen LogP contribution in [0.4, 0.5) is 0 Å². The molecule has 1 atom stereocenters. The summed E-state index contributed by atoms with van der Waals surface area (Å²) in [6.07, 6.45) is 18.3. The van der Waals surface area contributed by atoms with Gasteiger partial charge >= 0.3 is 5.97 Å². The Balaban J connectivity index is 3.30. The molecular formula is C19H34O4. The van der Waals surface area contributed by atoms with E-state index in [1.165, 1.54) is 25.7 Å². The number of allylic oxidation sites excluding steroid dienone is 4. The molecule has 0 aromatic heterocycles. The van der Waals surface area contributed by atoms with Crippen LogP contribution in [0.2, 0.25) is 0 Å². The molecule has 0 saturated heterocycles. The van der Waals surface area contributed by atoms with Gasteiger partial charge in [-0.05, 0) is 32.1 Å². The summed E-state index contributed by atoms with van der Waals surface area (Å²) in [5, 5.41) is 17.7. The zero-order valence-electron chi connectivity index (χ0n) is 14.6. The maximum atomic E-state index is 11.3. The minimum Gasteiger partial charge on any atom is -0.463 e. The number of carbonyl (C=O) groups is 1. The number of aliphatic hydroxyl groups is 2. The fraction of sp³-hybridized carbons (Fsp3) is 0.737. The van der Waals surface area contributed by atoms with Gasteiger partial charge in [0.05, 0.1) is 6.61 Å². The molecule has 1 unspecified atom stereocenters. The summed E-state index contributed by atoms with van der Waals surface area (Å²) in [7, 11) is 0. The highest BCUT2D eigenvalue weighted by atomic mass is 16.5. The lowest BCUT2D eigenvalue weighted by Crippen LogP contribution is -2.21. The van der Waals surface area contributed by atoms with Crippen molar-refractivity contribution in [2.75, 3.05) is 13.2 Å². The van der Waals surface area contributed by atoms with Gasteiger partial charge in [0.1, 0.15) is 12.7 Å². The molecule has 0 amide bonds. The van der Waals surface area contributed by atoms with Crippen LogP contribution in [0.3, 0.4) is 0 Å². The fourth-order valence-corrected chi connectivity index (χ4v) is 2.05. The first-order valence-electron chi connectivity index (χ1n) is 8.95. The van der Waals surface area contributed by atoms with Crippen LogP contribution >= 0.6 is 0 Å². The first kappa shape index (κ1) is 21.9. The van der Waals surface area contributed by atoms with Gasteiger partial charge in [0.25, 0.3) is 0 Å². The van der Waals surface area contributed by atoms with E-state index in [1.54, 1.807) is 0 Å². The zero-order valence-corrected chi connectivity index (χ0v) is 14.6. The van der Waals surface area contributed by atoms with E-state index in [0.29, 0.717) is 6.42 Å². The fourth-order valence-electron chi connectivity index (χ4n) is 2.05. The van der Waals surface area contributed by atoms with Gasteiger partial charge in [-0.3, -0.25) is 4.79 Å². The van der Waals surface area contributed by atoms with Crippen molar-refractivity contribution in [2.24, 2.45) is 0 Å². The van der Waals surface area contributed by atoms with E-state index in [9.17, 15) is 4.79 Å². The Morgan fingerprint density at radius 2 is 1.65 bits per heavy atom. The third kappa shape index (κ3) is 17.1. The maximum absolute atomic E-state index is 11.3. The van der Waals surface area contributed by atoms with Gasteiger partial charge in [0.15, 0.2) is 0 Å². The lowest BCUT2D eigenvalue weighted by Gasteiger charge is -2.08. The van der Waals surface area contributed by atoms with E-state index in [2.05, 4.69) is 31.2 Å². The van der Waals surface area contributed by atoms with Gasteiger partial charge in [-0.2, -0.15) is 0 Å². The molecule has 0 fully saturated rings. The highest BCUT2D eigenvalue weighted by Crippen LogP contribution is 2.08. The van der Waals surface area contributed by atoms with Crippen LogP contribution in [0.25, 0.3) is 0 Å². The monoisotopic (exact) mass is 326 g/mol. The standard InChI is InChI=1S/C19H34O4/c1-2-3-4-5-6-7-8-9-10-11-12-13-14-15-19(22)23-17-18(21)16-20/h4-5,7-8,18,20-21H,2-3,6,9-17H2,1H3/b5-4-,8-7-. The van der Waals surface area contributed by atoms with Gasteiger partial charge < -0.3 is 14.9 Å². The van der Waals surface area contributed by atoms with Crippen molar-refractivity contribution >= 4 is 5.97 Å². The predicted molar refractivity (Wildman–Crippen MR) is 94.2 cm³/mol. The number of unbranched alkanes of at least 4 members (excludes halogenated alkanes) is 6. The van der Waals surface area contributed by atoms with Crippen LogP contribution in [-0.4, -0.2) is 35.5 Å². The molecule has 0 spiro atoms. The zero-order chi connectivity index (χ0) is 17.2. The highest BCUT2D eigenvalue weighted by molar-refractivity contribution is 5.69. The Hall–Kier alpha value is -1.13. The van der Waals surface area contributed by atoms with Crippen molar-refractivity contribution < 1.29 is 19.7 Å². The highest BCUT2D eigenvalue weighted by Gasteiger charge is 2.07. The largest absolute Gasteiger partial charge is 0.463 e. The van der Waals surface area contributed by atoms with Crippen molar-refractivity contribution in [3.8, 4) is 0 Å². The Morgan fingerprint density at radius 3 is 2.35 bits per heavy atom. The van der Waals surface area contributed by atoms with Crippen molar-refractivity contribution in [3.63, 3.8) is 0 Å². The molecule has 0 heterocycles. The first-order valence-corrected chi connectivity index (χ1v) is 8.95. The summed E-state index contributed by atoms with van der Waals surface area (Å²) in [5.74, 6) is -0.295. The molecular weight excluding hydrogens is 292 g/mol. The Kier molecular flexibility index (Phi) is 16.4. The summed E-state index contributed by atoms with van der Waals surface area (Å²) in [6, 6.07) is 0. The van der Waals surface area contributed by atoms with Crippen molar-refractivity contribution in [1.29, 1.82) is 0 Å². The summed E-state index contributed by atoms with van der Waals surface area (Å²) in [6.45, 7) is 1.69. The smallest absolute Gasteiger partial charge is 0.305 e. The second-order valence-electron chi connectivity index (χ2n) is 5.79. The number of ether oxygens (including phenoxy) is 1. The minimum absolute atomic E-state index is 0.116. The topological polar surface area (TPSA) is 66.8 Å². The van der Waals surface area contributed by atoms with E-state index in [4.69, 9.17) is 14.9 Å². The average Bonchev–Trinajstić information content (AvgIpc) is 2.56. The number of rotatable bonds is 15. The second-order valence-corrected chi connectivity index (χ2v) is 5.79. The molecule has 4 heteroatoms. The molecule has 0 aromatic carbocycles. The Bertz CT molecular complexity index is 323. The summed E-state index contributed by atoms with van der Waals surface area (Å²) in [4.78, 5) is 11.3. The van der Waals surface area contributed by atoms with Crippen LogP contribution in [0, 0.1) is 0 Å². The summed E-state index contributed by atoms with van der Waals surface area (Å²) in [5.41, 5.74) is 0. The van der Waals surface area contributed by atoms with E-state index in [0.717, 1.165) is 32.1 Å². The summed E-state index contributed by atoms with van der Waals surface area (Å²) < 4.78 is 4.84. The number of hydrogen-bond donors (Lipinski definition) is 2. The lowest BCUT2D eigenvalue weighted by atomic mass is 10.1. The summed E-state index contributed by atoms with van der Waals surface area (Å²) >= 11 is 0. The molecule has 0 aliphatic carbocycles. The molecule has 0 bridgehead atoms. The van der Waals surface area contributed by atoms with Gasteiger partial charge in [-0.25, -0.2) is 0 Å². The molecule has 0 aliphatic heterocycles. The molecule has 0 saturated carbocycles. The molecule has 2 N–H and O–H groups in total. The normalized spacial score (nSPS) is 13.0. The third-order valence-electron chi connectivity index (χ3n) is 3.46. The van der Waals surface area contributed by atoms with Crippen LogP contribution in [0.5, 0.6) is 0 Å². The lowest BCUT2D eigenvalue weighted by molar-refractivity contribution is -0.147. The van der Waals surface area contributed by atoms with Crippen LogP contribution < -0.4 is 0 Å². The van der Waals surface area contributed by atoms with E-state index in [1.807, 2.05) is 0 Å². The second kappa shape index (κ2) is 17.2. The van der Waals surface area contributed by atoms with Crippen molar-refractivity contribution in [1.82, 2.24) is 0 Å². The number of esters is 1. The number of carbonyl (C=O) groups excluding carboxylic acids is 1. The van der Waals surface area contributed by atoms with Crippen LogP contribution in [-0.2, 0) is 9.53 Å². The molecule has 23 heavy (non-hydrogen) atoms. The molecule has 134 valence electrons. The van der Waals surface area contributed by atoms with Crippen molar-refractivity contribution in [3.05, 3.63) is 24.3 Å². The van der Waals surface area contributed by atoms with E-state index >= 15 is 0 Å². The SMILES string of the molecule is CCC/C=C\C/C=C\CCCCCCCC(=O)OCC(O)CO. The van der Waals surface area contributed by atoms with Crippen LogP contribution in [0.1, 0.15) is 71.1 Å². The van der Waals surface area contributed by atoms with Gasteiger partial charge in [-0.15, -0.1) is 0 Å². The van der Waals surface area contributed by atoms with Gasteiger partial charge in [-0.1, -0.05) is 56.9 Å².